The molecule has 0 aliphatic carbocycles. The lowest BCUT2D eigenvalue weighted by Crippen LogP contribution is -2.53. The summed E-state index contributed by atoms with van der Waals surface area (Å²) < 4.78 is 47.6. The van der Waals surface area contributed by atoms with Gasteiger partial charge in [-0.1, -0.05) is 25.4 Å². The van der Waals surface area contributed by atoms with Crippen LogP contribution in [0.5, 0.6) is 5.75 Å². The number of anilines is 2. The molecule has 2 aromatic heterocycles. The summed E-state index contributed by atoms with van der Waals surface area (Å²) in [6.07, 6.45) is -0.862. The number of amides is 2. The Morgan fingerprint density at radius 2 is 1.70 bits per heavy atom. The third-order valence-corrected chi connectivity index (χ3v) is 7.13. The smallest absolute Gasteiger partial charge is 0.424 e. The van der Waals surface area contributed by atoms with E-state index < -0.39 is 51.3 Å². The number of rotatable bonds is 9. The molecule has 1 unspecified atom stereocenters. The first-order valence-corrected chi connectivity index (χ1v) is 15.6. The number of esters is 1. The van der Waals surface area contributed by atoms with E-state index in [9.17, 15) is 22.8 Å². The molecule has 0 saturated carbocycles. The molecule has 2 amide bonds. The van der Waals surface area contributed by atoms with E-state index in [1.54, 1.807) is 46.8 Å². The monoisotopic (exact) mass is 653 g/mol. The lowest BCUT2D eigenvalue weighted by Gasteiger charge is -2.30. The van der Waals surface area contributed by atoms with Crippen LogP contribution in [0.15, 0.2) is 41.4 Å². The van der Waals surface area contributed by atoms with Gasteiger partial charge in [0.2, 0.25) is 0 Å². The number of carbonyl (C=O) groups excluding carboxylic acids is 3. The second kappa shape index (κ2) is 12.9. The number of carbonyl (C=O) groups is 3. The Labute approximate surface area is 260 Å². The van der Waals surface area contributed by atoms with Gasteiger partial charge in [0.05, 0.1) is 22.7 Å². The van der Waals surface area contributed by atoms with E-state index in [1.807, 2.05) is 0 Å². The van der Waals surface area contributed by atoms with Gasteiger partial charge in [-0.05, 0) is 58.9 Å². The standard InChI is InChI=1S/C28H36ClN5O9S/c1-16(2)22(41-23(35)28(6,7)31-25(36)43-27(3,4)5)42-26(37)34(24-30-21-13-10-17(29)15-33(21)32-24)19-12-11-18(44(9,38)39)14-20(19)40-8/h10-16,22H,1-9H3,(H,31,36). The highest BCUT2D eigenvalue weighted by Gasteiger charge is 2.38. The van der Waals surface area contributed by atoms with Gasteiger partial charge in [0.15, 0.2) is 15.5 Å². The lowest BCUT2D eigenvalue weighted by molar-refractivity contribution is -0.180. The Bertz CT molecular complexity index is 1670. The Morgan fingerprint density at radius 3 is 2.27 bits per heavy atom. The number of hydrogen-bond acceptors (Lipinski definition) is 11. The number of methoxy groups -OCH3 is 1. The Kier molecular flexibility index (Phi) is 10.0. The van der Waals surface area contributed by atoms with Crippen molar-refractivity contribution >= 4 is 56.9 Å². The number of nitrogens with one attached hydrogen (secondary N) is 1. The van der Waals surface area contributed by atoms with E-state index in [4.69, 9.17) is 30.5 Å². The molecule has 0 fully saturated rings. The number of aromatic nitrogens is 3. The largest absolute Gasteiger partial charge is 0.495 e. The van der Waals surface area contributed by atoms with Crippen molar-refractivity contribution in [3.8, 4) is 5.75 Å². The summed E-state index contributed by atoms with van der Waals surface area (Å²) in [7, 11) is -2.33. The van der Waals surface area contributed by atoms with Crippen LogP contribution in [-0.4, -0.2) is 72.0 Å². The topological polar surface area (TPSA) is 168 Å². The summed E-state index contributed by atoms with van der Waals surface area (Å²) in [6.45, 7) is 11.1. The van der Waals surface area contributed by atoms with E-state index in [1.165, 1.54) is 49.9 Å². The number of benzene rings is 1. The van der Waals surface area contributed by atoms with Gasteiger partial charge < -0.3 is 24.3 Å². The zero-order valence-corrected chi connectivity index (χ0v) is 27.4. The Hall–Kier alpha value is -4.11. The normalized spacial score (nSPS) is 12.9. The van der Waals surface area contributed by atoms with E-state index in [-0.39, 0.29) is 22.3 Å². The molecule has 0 aliphatic heterocycles. The number of hydrogen-bond donors (Lipinski definition) is 1. The molecule has 240 valence electrons. The molecule has 0 bridgehead atoms. The summed E-state index contributed by atoms with van der Waals surface area (Å²) in [5.41, 5.74) is -2.00. The molecular weight excluding hydrogens is 618 g/mol. The number of alkyl carbamates (subject to hydrolysis) is 1. The highest BCUT2D eigenvalue weighted by molar-refractivity contribution is 7.90. The molecule has 0 saturated heterocycles. The first-order valence-electron chi connectivity index (χ1n) is 13.3. The fraction of sp³-hybridized carbons (Fsp3) is 0.464. The van der Waals surface area contributed by atoms with Crippen molar-refractivity contribution in [2.45, 2.75) is 70.8 Å². The molecular formula is C28H36ClN5O9S. The van der Waals surface area contributed by atoms with Gasteiger partial charge in [-0.3, -0.25) is 0 Å². The quantitative estimate of drug-likeness (QED) is 0.246. The second-order valence-corrected chi connectivity index (χ2v) is 14.1. The lowest BCUT2D eigenvalue weighted by atomic mass is 10.1. The van der Waals surface area contributed by atoms with Gasteiger partial charge in [0.1, 0.15) is 16.9 Å². The maximum Gasteiger partial charge on any atom is 0.424 e. The van der Waals surface area contributed by atoms with E-state index >= 15 is 0 Å². The highest BCUT2D eigenvalue weighted by Crippen LogP contribution is 2.36. The van der Waals surface area contributed by atoms with E-state index in [0.29, 0.717) is 10.7 Å². The Balaban J connectivity index is 2.00. The zero-order chi connectivity index (χ0) is 33.2. The summed E-state index contributed by atoms with van der Waals surface area (Å²) in [5, 5.41) is 7.14. The summed E-state index contributed by atoms with van der Waals surface area (Å²) in [6, 6.07) is 7.01. The summed E-state index contributed by atoms with van der Waals surface area (Å²) in [5.74, 6) is -1.65. The Morgan fingerprint density at radius 1 is 1.05 bits per heavy atom. The maximum absolute atomic E-state index is 13.9. The van der Waals surface area contributed by atoms with Crippen molar-refractivity contribution in [3.63, 3.8) is 0 Å². The minimum Gasteiger partial charge on any atom is -0.495 e. The zero-order valence-electron chi connectivity index (χ0n) is 25.9. The SMILES string of the molecule is COc1cc(S(C)(=O)=O)ccc1N(C(=O)OC(OC(=O)C(C)(C)NC(=O)OC(C)(C)C)C(C)C)c1nc2ccc(Cl)cn2n1. The van der Waals surface area contributed by atoms with Crippen molar-refractivity contribution in [1.29, 1.82) is 0 Å². The van der Waals surface area contributed by atoms with Crippen molar-refractivity contribution in [2.75, 3.05) is 18.3 Å². The predicted molar refractivity (Wildman–Crippen MR) is 161 cm³/mol. The van der Waals surface area contributed by atoms with Crippen LogP contribution >= 0.6 is 11.6 Å². The van der Waals surface area contributed by atoms with Gasteiger partial charge >= 0.3 is 18.2 Å². The molecule has 3 aromatic rings. The van der Waals surface area contributed by atoms with Crippen LogP contribution in [0.25, 0.3) is 5.65 Å². The minimum absolute atomic E-state index is 0.0115. The third-order valence-electron chi connectivity index (χ3n) is 5.79. The number of nitrogens with zero attached hydrogens (tertiary/aromatic N) is 4. The van der Waals surface area contributed by atoms with Crippen molar-refractivity contribution in [2.24, 2.45) is 5.92 Å². The molecule has 44 heavy (non-hydrogen) atoms. The fourth-order valence-corrected chi connectivity index (χ4v) is 4.40. The molecule has 0 spiro atoms. The van der Waals surface area contributed by atoms with Crippen molar-refractivity contribution in [1.82, 2.24) is 19.9 Å². The average Bonchev–Trinajstić information content (AvgIpc) is 3.28. The molecule has 3 rings (SSSR count). The first kappa shape index (κ1) is 34.4. The highest BCUT2D eigenvalue weighted by atomic mass is 35.5. The number of ether oxygens (including phenoxy) is 4. The van der Waals surface area contributed by atoms with Crippen molar-refractivity contribution in [3.05, 3.63) is 41.6 Å². The van der Waals surface area contributed by atoms with Crippen LogP contribution in [0.1, 0.15) is 48.5 Å². The second-order valence-electron chi connectivity index (χ2n) is 11.7. The van der Waals surface area contributed by atoms with Crippen LogP contribution in [0, 0.1) is 5.92 Å². The molecule has 1 aromatic carbocycles. The first-order chi connectivity index (χ1) is 20.2. The van der Waals surface area contributed by atoms with E-state index in [2.05, 4.69) is 15.4 Å². The molecule has 2 heterocycles. The molecule has 16 heteroatoms. The molecule has 14 nitrogen and oxygen atoms in total. The van der Waals surface area contributed by atoms with Crippen LogP contribution in [0.2, 0.25) is 5.02 Å². The molecule has 0 aliphatic rings. The van der Waals surface area contributed by atoms with Crippen LogP contribution in [0.3, 0.4) is 0 Å². The van der Waals surface area contributed by atoms with Gasteiger partial charge in [-0.25, -0.2) is 32.2 Å². The van der Waals surface area contributed by atoms with Crippen LogP contribution in [0.4, 0.5) is 21.2 Å². The van der Waals surface area contributed by atoms with Gasteiger partial charge in [-0.2, -0.15) is 4.98 Å². The molecule has 1 N–H and O–H groups in total. The van der Waals surface area contributed by atoms with Crippen LogP contribution < -0.4 is 15.0 Å². The third kappa shape index (κ3) is 8.50. The predicted octanol–water partition coefficient (Wildman–Crippen LogP) is 4.90. The maximum atomic E-state index is 13.9. The van der Waals surface area contributed by atoms with Gasteiger partial charge in [0, 0.05) is 24.4 Å². The number of halogens is 1. The van der Waals surface area contributed by atoms with E-state index in [0.717, 1.165) is 11.2 Å². The average molecular weight is 654 g/mol. The van der Waals surface area contributed by atoms with Gasteiger partial charge in [-0.15, -0.1) is 5.10 Å². The summed E-state index contributed by atoms with van der Waals surface area (Å²) in [4.78, 5) is 44.6. The summed E-state index contributed by atoms with van der Waals surface area (Å²) >= 11 is 6.09. The minimum atomic E-state index is -3.63. The molecule has 1 atom stereocenters. The molecule has 0 radical (unpaired) electrons. The number of fused-ring (bicyclic) bond motifs is 1. The number of sulfone groups is 1. The van der Waals surface area contributed by atoms with Gasteiger partial charge in [0.25, 0.3) is 12.2 Å². The number of pyridine rings is 1. The fourth-order valence-electron chi connectivity index (χ4n) is 3.61. The van der Waals surface area contributed by atoms with Crippen molar-refractivity contribution < 1.29 is 41.7 Å². The van der Waals surface area contributed by atoms with Crippen LogP contribution in [-0.2, 0) is 28.8 Å².